The summed E-state index contributed by atoms with van der Waals surface area (Å²) < 4.78 is 11.2. The number of ether oxygens (including phenoxy) is 2. The van der Waals surface area contributed by atoms with Crippen molar-refractivity contribution in [2.24, 2.45) is 10.9 Å². The molecule has 160 valence electrons. The maximum atomic E-state index is 13.1. The minimum absolute atomic E-state index is 0.0488. The Morgan fingerprint density at radius 2 is 1.90 bits per heavy atom. The Morgan fingerprint density at radius 3 is 2.68 bits per heavy atom. The number of halogens is 1. The monoisotopic (exact) mass is 437 g/mol. The Kier molecular flexibility index (Phi) is 6.52. The van der Waals surface area contributed by atoms with E-state index in [1.54, 1.807) is 6.07 Å². The number of Topliss-reactive ketones (excluding diaryl/α,β-unsaturated/α-hetero) is 1. The van der Waals surface area contributed by atoms with E-state index >= 15 is 0 Å². The third kappa shape index (κ3) is 4.72. The van der Waals surface area contributed by atoms with Gasteiger partial charge in [-0.25, -0.2) is 0 Å². The second kappa shape index (κ2) is 9.48. The van der Waals surface area contributed by atoms with Crippen molar-refractivity contribution in [3.63, 3.8) is 0 Å². The molecule has 1 unspecified atom stereocenters. The van der Waals surface area contributed by atoms with E-state index in [9.17, 15) is 9.59 Å². The first kappa shape index (κ1) is 21.3. The predicted molar refractivity (Wildman–Crippen MR) is 120 cm³/mol. The SMILES string of the molecule is CC1=NC2=C(C(=O)CCC2)[C@@H](c2cccc(Cl)c2)C1C(=O)OCCOc1ccccc1. The van der Waals surface area contributed by atoms with Crippen molar-refractivity contribution in [1.29, 1.82) is 0 Å². The highest BCUT2D eigenvalue weighted by Crippen LogP contribution is 2.43. The zero-order valence-corrected chi connectivity index (χ0v) is 18.1. The molecular formula is C25H24ClNO4. The molecule has 0 saturated carbocycles. The zero-order valence-electron chi connectivity index (χ0n) is 17.3. The number of esters is 1. The molecular weight excluding hydrogens is 414 g/mol. The number of hydrogen-bond donors (Lipinski definition) is 0. The van der Waals surface area contributed by atoms with Gasteiger partial charge >= 0.3 is 5.97 Å². The molecule has 0 saturated heterocycles. The fourth-order valence-electron chi connectivity index (χ4n) is 4.28. The Balaban J connectivity index is 1.55. The summed E-state index contributed by atoms with van der Waals surface area (Å²) in [6, 6.07) is 16.7. The first-order valence-corrected chi connectivity index (χ1v) is 10.8. The van der Waals surface area contributed by atoms with Crippen molar-refractivity contribution >= 4 is 29.1 Å². The van der Waals surface area contributed by atoms with E-state index in [-0.39, 0.29) is 19.0 Å². The second-order valence-electron chi connectivity index (χ2n) is 7.73. The van der Waals surface area contributed by atoms with Gasteiger partial charge in [0.2, 0.25) is 0 Å². The van der Waals surface area contributed by atoms with Crippen LogP contribution in [0.15, 0.2) is 70.9 Å². The lowest BCUT2D eigenvalue weighted by atomic mass is 9.72. The van der Waals surface area contributed by atoms with Crippen molar-refractivity contribution in [1.82, 2.24) is 0 Å². The van der Waals surface area contributed by atoms with Gasteiger partial charge < -0.3 is 9.47 Å². The highest BCUT2D eigenvalue weighted by molar-refractivity contribution is 6.30. The lowest BCUT2D eigenvalue weighted by Crippen LogP contribution is -2.37. The lowest BCUT2D eigenvalue weighted by molar-refractivity contribution is -0.147. The molecule has 0 radical (unpaired) electrons. The fourth-order valence-corrected chi connectivity index (χ4v) is 4.48. The van der Waals surface area contributed by atoms with Gasteiger partial charge in [0.05, 0.1) is 0 Å². The first-order valence-electron chi connectivity index (χ1n) is 10.5. The molecule has 31 heavy (non-hydrogen) atoms. The van der Waals surface area contributed by atoms with E-state index in [1.807, 2.05) is 55.5 Å². The summed E-state index contributed by atoms with van der Waals surface area (Å²) >= 11 is 6.24. The van der Waals surface area contributed by atoms with Gasteiger partial charge in [-0.05, 0) is 49.6 Å². The molecule has 0 aromatic heterocycles. The number of rotatable bonds is 6. The van der Waals surface area contributed by atoms with Crippen LogP contribution < -0.4 is 4.74 Å². The maximum Gasteiger partial charge on any atom is 0.315 e. The van der Waals surface area contributed by atoms with Gasteiger partial charge in [-0.1, -0.05) is 41.9 Å². The van der Waals surface area contributed by atoms with Crippen molar-refractivity contribution in [2.45, 2.75) is 32.1 Å². The molecule has 0 spiro atoms. The minimum Gasteiger partial charge on any atom is -0.490 e. The van der Waals surface area contributed by atoms with Crippen molar-refractivity contribution in [3.8, 4) is 5.75 Å². The third-order valence-electron chi connectivity index (χ3n) is 5.64. The highest BCUT2D eigenvalue weighted by atomic mass is 35.5. The topological polar surface area (TPSA) is 65.0 Å². The molecule has 2 aromatic rings. The van der Waals surface area contributed by atoms with Gasteiger partial charge in [-0.15, -0.1) is 0 Å². The van der Waals surface area contributed by atoms with Crippen LogP contribution in [0, 0.1) is 5.92 Å². The molecule has 2 aliphatic rings. The molecule has 0 amide bonds. The Labute approximate surface area is 186 Å². The predicted octanol–water partition coefficient (Wildman–Crippen LogP) is 5.14. The number of carbonyl (C=O) groups excluding carboxylic acids is 2. The van der Waals surface area contributed by atoms with Gasteiger partial charge in [0.1, 0.15) is 24.9 Å². The molecule has 2 aromatic carbocycles. The summed E-state index contributed by atoms with van der Waals surface area (Å²) in [5.41, 5.74) is 2.90. The van der Waals surface area contributed by atoms with Crippen LogP contribution in [0.25, 0.3) is 0 Å². The van der Waals surface area contributed by atoms with Gasteiger partial charge in [-0.2, -0.15) is 0 Å². The Morgan fingerprint density at radius 1 is 1.10 bits per heavy atom. The van der Waals surface area contributed by atoms with E-state index in [2.05, 4.69) is 4.99 Å². The molecule has 4 rings (SSSR count). The summed E-state index contributed by atoms with van der Waals surface area (Å²) in [5, 5.41) is 0.562. The molecule has 0 N–H and O–H groups in total. The lowest BCUT2D eigenvalue weighted by Gasteiger charge is -2.34. The standard InChI is InChI=1S/C25H24ClNO4/c1-16-22(25(29)31-14-13-30-19-9-3-2-4-10-19)23(17-7-5-8-18(26)15-17)24-20(27-16)11-6-12-21(24)28/h2-5,7-10,15,22-23H,6,11-14H2,1H3/t22?,23-/m0/s1. The summed E-state index contributed by atoms with van der Waals surface area (Å²) in [7, 11) is 0. The van der Waals surface area contributed by atoms with Crippen LogP contribution in [0.2, 0.25) is 5.02 Å². The van der Waals surface area contributed by atoms with E-state index in [0.29, 0.717) is 28.5 Å². The van der Waals surface area contributed by atoms with Crippen LogP contribution in [0.5, 0.6) is 5.75 Å². The molecule has 6 heteroatoms. The molecule has 2 atom stereocenters. The number of nitrogens with zero attached hydrogens (tertiary/aromatic N) is 1. The molecule has 1 aliphatic heterocycles. The molecule has 5 nitrogen and oxygen atoms in total. The number of carbonyl (C=O) groups is 2. The van der Waals surface area contributed by atoms with Gasteiger partial charge in [-0.3, -0.25) is 14.6 Å². The number of allylic oxidation sites excluding steroid dienone is 2. The van der Waals surface area contributed by atoms with Crippen LogP contribution in [0.1, 0.15) is 37.7 Å². The number of hydrogen-bond acceptors (Lipinski definition) is 5. The van der Waals surface area contributed by atoms with Gasteiger partial charge in [0.25, 0.3) is 0 Å². The molecule has 0 bridgehead atoms. The third-order valence-corrected chi connectivity index (χ3v) is 5.87. The molecule has 1 heterocycles. The summed E-state index contributed by atoms with van der Waals surface area (Å²) in [4.78, 5) is 30.6. The zero-order chi connectivity index (χ0) is 21.8. The molecule has 1 aliphatic carbocycles. The van der Waals surface area contributed by atoms with Crippen LogP contribution >= 0.6 is 11.6 Å². The Bertz CT molecular complexity index is 1040. The highest BCUT2D eigenvalue weighted by Gasteiger charge is 2.43. The fraction of sp³-hybridized carbons (Fsp3) is 0.320. The number of ketones is 1. The summed E-state index contributed by atoms with van der Waals surface area (Å²) in [6.45, 7) is 2.18. The number of para-hydroxylation sites is 1. The van der Waals surface area contributed by atoms with Crippen LogP contribution in [-0.4, -0.2) is 30.7 Å². The van der Waals surface area contributed by atoms with Gasteiger partial charge in [0, 0.05) is 34.3 Å². The summed E-state index contributed by atoms with van der Waals surface area (Å²) in [5.74, 6) is -0.758. The van der Waals surface area contributed by atoms with Crippen molar-refractivity contribution in [2.75, 3.05) is 13.2 Å². The van der Waals surface area contributed by atoms with Gasteiger partial charge in [0.15, 0.2) is 5.78 Å². The number of aliphatic imine (C=N–C) groups is 1. The average Bonchev–Trinajstić information content (AvgIpc) is 2.76. The van der Waals surface area contributed by atoms with Crippen LogP contribution in [0.3, 0.4) is 0 Å². The Hall–Kier alpha value is -2.92. The quantitative estimate of drug-likeness (QED) is 0.463. The number of benzene rings is 2. The van der Waals surface area contributed by atoms with Crippen LogP contribution in [0.4, 0.5) is 0 Å². The largest absolute Gasteiger partial charge is 0.490 e. The molecule has 0 fully saturated rings. The normalized spacial score (nSPS) is 20.7. The van der Waals surface area contributed by atoms with E-state index in [0.717, 1.165) is 24.1 Å². The maximum absolute atomic E-state index is 13.1. The smallest absolute Gasteiger partial charge is 0.315 e. The van der Waals surface area contributed by atoms with Crippen molar-refractivity contribution < 1.29 is 19.1 Å². The second-order valence-corrected chi connectivity index (χ2v) is 8.17. The summed E-state index contributed by atoms with van der Waals surface area (Å²) in [6.07, 6.45) is 1.99. The van der Waals surface area contributed by atoms with E-state index in [4.69, 9.17) is 21.1 Å². The van der Waals surface area contributed by atoms with E-state index < -0.39 is 17.8 Å². The van der Waals surface area contributed by atoms with Crippen molar-refractivity contribution in [3.05, 3.63) is 76.5 Å². The van der Waals surface area contributed by atoms with Crippen LogP contribution in [-0.2, 0) is 14.3 Å². The van der Waals surface area contributed by atoms with E-state index in [1.165, 1.54) is 0 Å². The first-order chi connectivity index (χ1) is 15.0. The average molecular weight is 438 g/mol. The minimum atomic E-state index is -0.670.